The van der Waals surface area contributed by atoms with Crippen molar-refractivity contribution in [1.82, 2.24) is 20.1 Å². The number of thioether (sulfide) groups is 1. The van der Waals surface area contributed by atoms with Gasteiger partial charge >= 0.3 is 0 Å². The Bertz CT molecular complexity index is 1110. The summed E-state index contributed by atoms with van der Waals surface area (Å²) < 4.78 is 1.95. The Kier molecular flexibility index (Phi) is 6.96. The highest BCUT2D eigenvalue weighted by atomic mass is 35.5. The first kappa shape index (κ1) is 22.2. The van der Waals surface area contributed by atoms with Crippen molar-refractivity contribution in [1.29, 1.82) is 0 Å². The summed E-state index contributed by atoms with van der Waals surface area (Å²) in [6.07, 6.45) is 2.23. The van der Waals surface area contributed by atoms with Crippen LogP contribution in [0.2, 0.25) is 5.02 Å². The second-order valence-electron chi connectivity index (χ2n) is 7.29. The second-order valence-corrected chi connectivity index (χ2v) is 8.66. The molecule has 1 fully saturated rings. The highest BCUT2D eigenvalue weighted by Gasteiger charge is 2.23. The van der Waals surface area contributed by atoms with Gasteiger partial charge in [0.1, 0.15) is 0 Å². The number of halogens is 1. The molecule has 2 amide bonds. The Labute approximate surface area is 195 Å². The van der Waals surface area contributed by atoms with Crippen molar-refractivity contribution >= 4 is 46.8 Å². The SMILES string of the molecule is CNC(=O)c1ccc(NC(=O)CSc2nnc(N3CCCC3)n2-c2cccc(Cl)c2)cc1. The standard InChI is InChI=1S/C22H23ClN6O2S/c1-24-20(31)15-7-9-17(10-8-15)25-19(30)14-32-22-27-26-21(28-11-2-3-12-28)29(22)18-6-4-5-16(23)13-18/h4-10,13H,2-3,11-12,14H2,1H3,(H,24,31)(H,25,30). The van der Waals surface area contributed by atoms with Gasteiger partial charge in [-0.25, -0.2) is 0 Å². The topological polar surface area (TPSA) is 92.2 Å². The molecule has 2 aromatic carbocycles. The molecule has 32 heavy (non-hydrogen) atoms. The average Bonchev–Trinajstić information content (AvgIpc) is 3.47. The Morgan fingerprint density at radius 1 is 1.09 bits per heavy atom. The number of carbonyl (C=O) groups is 2. The molecule has 0 aliphatic carbocycles. The fraction of sp³-hybridized carbons (Fsp3) is 0.273. The second kappa shape index (κ2) is 10.1. The Hall–Kier alpha value is -3.04. The van der Waals surface area contributed by atoms with Crippen LogP contribution in [0.5, 0.6) is 0 Å². The molecular weight excluding hydrogens is 448 g/mol. The van der Waals surface area contributed by atoms with E-state index in [2.05, 4.69) is 25.7 Å². The number of anilines is 2. The van der Waals surface area contributed by atoms with Crippen LogP contribution in [-0.2, 0) is 4.79 Å². The van der Waals surface area contributed by atoms with Crippen molar-refractivity contribution in [2.75, 3.05) is 36.1 Å². The third-order valence-corrected chi connectivity index (χ3v) is 6.23. The monoisotopic (exact) mass is 470 g/mol. The Morgan fingerprint density at radius 2 is 1.84 bits per heavy atom. The summed E-state index contributed by atoms with van der Waals surface area (Å²) in [6.45, 7) is 1.85. The summed E-state index contributed by atoms with van der Waals surface area (Å²) in [7, 11) is 1.58. The molecule has 3 aromatic rings. The molecule has 0 spiro atoms. The minimum absolute atomic E-state index is 0.163. The Balaban J connectivity index is 1.48. The van der Waals surface area contributed by atoms with Crippen LogP contribution in [0.15, 0.2) is 53.7 Å². The van der Waals surface area contributed by atoms with Crippen molar-refractivity contribution < 1.29 is 9.59 Å². The molecule has 0 saturated carbocycles. The molecule has 2 heterocycles. The molecule has 0 atom stereocenters. The number of hydrogen-bond donors (Lipinski definition) is 2. The lowest BCUT2D eigenvalue weighted by molar-refractivity contribution is -0.113. The quantitative estimate of drug-likeness (QED) is 0.512. The average molecular weight is 471 g/mol. The van der Waals surface area contributed by atoms with Crippen molar-refractivity contribution in [3.05, 3.63) is 59.1 Å². The van der Waals surface area contributed by atoms with Crippen molar-refractivity contribution in [2.24, 2.45) is 0 Å². The van der Waals surface area contributed by atoms with E-state index in [9.17, 15) is 9.59 Å². The van der Waals surface area contributed by atoms with E-state index in [1.165, 1.54) is 11.8 Å². The highest BCUT2D eigenvalue weighted by molar-refractivity contribution is 7.99. The third-order valence-electron chi connectivity index (χ3n) is 5.06. The molecule has 1 aromatic heterocycles. The van der Waals surface area contributed by atoms with Crippen LogP contribution >= 0.6 is 23.4 Å². The van der Waals surface area contributed by atoms with Gasteiger partial charge in [-0.15, -0.1) is 10.2 Å². The number of rotatable bonds is 7. The first-order chi connectivity index (χ1) is 15.5. The number of hydrogen-bond acceptors (Lipinski definition) is 6. The zero-order chi connectivity index (χ0) is 22.5. The van der Waals surface area contributed by atoms with E-state index in [0.717, 1.165) is 37.6 Å². The fourth-order valence-electron chi connectivity index (χ4n) is 3.50. The van der Waals surface area contributed by atoms with Crippen molar-refractivity contribution in [3.63, 3.8) is 0 Å². The lowest BCUT2D eigenvalue weighted by Gasteiger charge is -2.18. The summed E-state index contributed by atoms with van der Waals surface area (Å²) in [6, 6.07) is 14.3. The van der Waals surface area contributed by atoms with Crippen molar-refractivity contribution in [2.45, 2.75) is 18.0 Å². The minimum Gasteiger partial charge on any atom is -0.355 e. The molecule has 1 aliphatic heterocycles. The molecule has 1 aliphatic rings. The first-order valence-electron chi connectivity index (χ1n) is 10.3. The molecule has 0 bridgehead atoms. The molecule has 10 heteroatoms. The van der Waals surface area contributed by atoms with Gasteiger partial charge in [0, 0.05) is 36.4 Å². The summed E-state index contributed by atoms with van der Waals surface area (Å²) >= 11 is 7.53. The molecule has 0 radical (unpaired) electrons. The largest absolute Gasteiger partial charge is 0.355 e. The van der Waals surface area contributed by atoms with Gasteiger partial charge in [-0.2, -0.15) is 0 Å². The van der Waals surface area contributed by atoms with Crippen LogP contribution in [-0.4, -0.2) is 52.5 Å². The van der Waals surface area contributed by atoms with Gasteiger partial charge in [0.15, 0.2) is 5.16 Å². The van der Waals surface area contributed by atoms with Crippen LogP contribution in [0.3, 0.4) is 0 Å². The molecule has 0 unspecified atom stereocenters. The van der Waals surface area contributed by atoms with Crippen LogP contribution < -0.4 is 15.5 Å². The molecule has 4 rings (SSSR count). The summed E-state index contributed by atoms with van der Waals surface area (Å²) in [5, 5.41) is 15.4. The predicted molar refractivity (Wildman–Crippen MR) is 127 cm³/mol. The molecule has 8 nitrogen and oxygen atoms in total. The third kappa shape index (κ3) is 5.05. The van der Waals surface area contributed by atoms with Crippen molar-refractivity contribution in [3.8, 4) is 5.69 Å². The van der Waals surface area contributed by atoms with Gasteiger partial charge in [0.05, 0.1) is 11.4 Å². The van der Waals surface area contributed by atoms with Crippen LogP contribution in [0.25, 0.3) is 5.69 Å². The normalized spacial score (nSPS) is 13.2. The number of amides is 2. The van der Waals surface area contributed by atoms with Gasteiger partial charge in [0.2, 0.25) is 11.9 Å². The number of aromatic nitrogens is 3. The van der Waals surface area contributed by atoms with Gasteiger partial charge in [0.25, 0.3) is 5.91 Å². The smallest absolute Gasteiger partial charge is 0.251 e. The molecule has 166 valence electrons. The van der Waals surface area contributed by atoms with E-state index in [1.807, 2.05) is 28.8 Å². The van der Waals surface area contributed by atoms with E-state index in [-0.39, 0.29) is 17.6 Å². The molecule has 1 saturated heterocycles. The lowest BCUT2D eigenvalue weighted by atomic mass is 10.2. The zero-order valence-corrected chi connectivity index (χ0v) is 19.1. The maximum absolute atomic E-state index is 12.5. The highest BCUT2D eigenvalue weighted by Crippen LogP contribution is 2.29. The number of nitrogens with zero attached hydrogens (tertiary/aromatic N) is 4. The van der Waals surface area contributed by atoms with Gasteiger partial charge in [-0.05, 0) is 55.3 Å². The Morgan fingerprint density at radius 3 is 2.53 bits per heavy atom. The van der Waals surface area contributed by atoms with Gasteiger partial charge in [-0.1, -0.05) is 29.4 Å². The maximum atomic E-state index is 12.5. The predicted octanol–water partition coefficient (Wildman–Crippen LogP) is 3.61. The summed E-state index contributed by atoms with van der Waals surface area (Å²) in [4.78, 5) is 26.4. The fourth-order valence-corrected chi connectivity index (χ4v) is 4.43. The van der Waals surface area contributed by atoms with Gasteiger partial charge in [-0.3, -0.25) is 14.2 Å². The first-order valence-corrected chi connectivity index (χ1v) is 11.6. The molecular formula is C22H23ClN6O2S. The van der Waals surface area contributed by atoms with Crippen LogP contribution in [0.4, 0.5) is 11.6 Å². The van der Waals surface area contributed by atoms with Crippen LogP contribution in [0, 0.1) is 0 Å². The number of carbonyl (C=O) groups excluding carboxylic acids is 2. The number of nitrogens with one attached hydrogen (secondary N) is 2. The number of benzene rings is 2. The lowest BCUT2D eigenvalue weighted by Crippen LogP contribution is -2.22. The van der Waals surface area contributed by atoms with Crippen LogP contribution in [0.1, 0.15) is 23.2 Å². The van der Waals surface area contributed by atoms with Gasteiger partial charge < -0.3 is 15.5 Å². The maximum Gasteiger partial charge on any atom is 0.251 e. The summed E-state index contributed by atoms with van der Waals surface area (Å²) in [5.74, 6) is 0.576. The zero-order valence-electron chi connectivity index (χ0n) is 17.5. The van der Waals surface area contributed by atoms with E-state index < -0.39 is 0 Å². The van der Waals surface area contributed by atoms with E-state index in [0.29, 0.717) is 21.4 Å². The minimum atomic E-state index is -0.175. The summed E-state index contributed by atoms with van der Waals surface area (Å²) in [5.41, 5.74) is 2.01. The van der Waals surface area contributed by atoms with E-state index in [1.54, 1.807) is 31.3 Å². The molecule has 2 N–H and O–H groups in total. The van der Waals surface area contributed by atoms with E-state index >= 15 is 0 Å². The van der Waals surface area contributed by atoms with E-state index in [4.69, 9.17) is 11.6 Å².